The van der Waals surface area contributed by atoms with E-state index >= 15 is 0 Å². The molecule has 76 valence electrons. The first kappa shape index (κ1) is 11.7. The number of carbonyl (C=O) groups excluding carboxylic acids is 1. The van der Waals surface area contributed by atoms with Crippen LogP contribution in [0, 0.1) is 5.21 Å². The Morgan fingerprint density at radius 3 is 2.62 bits per heavy atom. The van der Waals surface area contributed by atoms with E-state index < -0.39 is 21.7 Å². The number of hydrogen-bond donors (Lipinski definition) is 0. The lowest BCUT2D eigenvalue weighted by Crippen LogP contribution is -2.56. The van der Waals surface area contributed by atoms with Crippen LogP contribution >= 0.6 is 46.4 Å². The van der Waals surface area contributed by atoms with Crippen molar-refractivity contribution in [1.29, 1.82) is 0 Å². The molecule has 0 N–H and O–H groups in total. The quantitative estimate of drug-likeness (QED) is 0.538. The van der Waals surface area contributed by atoms with Crippen molar-refractivity contribution >= 4 is 52.3 Å². The normalized spacial score (nSPS) is 41.0. The first-order valence-electron chi connectivity index (χ1n) is 3.46. The molecule has 0 spiro atoms. The maximum Gasteiger partial charge on any atom is 0.235 e. The van der Waals surface area contributed by atoms with E-state index in [1.807, 2.05) is 0 Å². The van der Waals surface area contributed by atoms with Crippen molar-refractivity contribution in [2.75, 3.05) is 5.88 Å². The lowest BCUT2D eigenvalue weighted by Gasteiger charge is -2.46. The molecular weight excluding hydrogens is 260 g/mol. The second-order valence-corrected chi connectivity index (χ2v) is 4.82. The molecule has 0 aromatic heterocycles. The predicted octanol–water partition coefficient (Wildman–Crippen LogP) is 2.11. The minimum atomic E-state index is -1.40. The number of amides is 1. The topological polar surface area (TPSA) is 43.4 Å². The zero-order valence-corrected chi connectivity index (χ0v) is 9.37. The highest BCUT2D eigenvalue weighted by Gasteiger charge is 2.46. The SMILES string of the molecule is O=C1N([O-])C(Cl)C(Cl)CC1(Cl)CCl. The highest BCUT2D eigenvalue weighted by molar-refractivity contribution is 6.42. The molecule has 0 saturated carbocycles. The second-order valence-electron chi connectivity index (χ2n) is 2.82. The van der Waals surface area contributed by atoms with Gasteiger partial charge in [-0.25, -0.2) is 0 Å². The number of halogens is 4. The van der Waals surface area contributed by atoms with Crippen molar-refractivity contribution in [2.24, 2.45) is 0 Å². The van der Waals surface area contributed by atoms with E-state index in [0.717, 1.165) is 0 Å². The molecule has 1 rings (SSSR count). The van der Waals surface area contributed by atoms with E-state index in [1.54, 1.807) is 0 Å². The summed E-state index contributed by atoms with van der Waals surface area (Å²) >= 11 is 22.6. The summed E-state index contributed by atoms with van der Waals surface area (Å²) in [5.41, 5.74) is -1.07. The molecule has 0 aliphatic carbocycles. The molecule has 1 aliphatic heterocycles. The Kier molecular flexibility index (Phi) is 3.58. The predicted molar refractivity (Wildman–Crippen MR) is 53.4 cm³/mol. The highest BCUT2D eigenvalue weighted by atomic mass is 35.5. The molecule has 3 unspecified atom stereocenters. The summed E-state index contributed by atoms with van der Waals surface area (Å²) in [6, 6.07) is 0. The van der Waals surface area contributed by atoms with Gasteiger partial charge in [-0.15, -0.1) is 34.8 Å². The van der Waals surface area contributed by atoms with Gasteiger partial charge in [-0.1, -0.05) is 11.6 Å². The maximum absolute atomic E-state index is 11.3. The summed E-state index contributed by atoms with van der Waals surface area (Å²) in [4.78, 5) is 9.89. The van der Waals surface area contributed by atoms with Crippen LogP contribution in [0.4, 0.5) is 0 Å². The van der Waals surface area contributed by atoms with Gasteiger partial charge >= 0.3 is 0 Å². The average molecular weight is 266 g/mol. The van der Waals surface area contributed by atoms with Crippen LogP contribution in [0.15, 0.2) is 0 Å². The Bertz CT molecular complexity index is 227. The van der Waals surface area contributed by atoms with E-state index in [2.05, 4.69) is 0 Å². The summed E-state index contributed by atoms with van der Waals surface area (Å²) in [5.74, 6) is -0.972. The van der Waals surface area contributed by atoms with Crippen LogP contribution in [0.2, 0.25) is 0 Å². The Labute approximate surface area is 95.4 Å². The van der Waals surface area contributed by atoms with Crippen molar-refractivity contribution in [3.8, 4) is 0 Å². The fraction of sp³-hybridized carbons (Fsp3) is 0.833. The lowest BCUT2D eigenvalue weighted by atomic mass is 9.99. The largest absolute Gasteiger partial charge is 0.755 e. The standard InChI is InChI=1S/C6H6Cl4NO2/c7-2-6(10)1-3(8)4(9)11(13)5(6)12/h3-4H,1-2H2/q-1. The molecular formula is C6H6Cl4NO2-. The van der Waals surface area contributed by atoms with Gasteiger partial charge in [-0.3, -0.25) is 4.79 Å². The summed E-state index contributed by atoms with van der Waals surface area (Å²) < 4.78 is 0. The molecule has 7 heteroatoms. The van der Waals surface area contributed by atoms with Crippen LogP contribution in [-0.4, -0.2) is 32.6 Å². The molecule has 1 amide bonds. The molecule has 0 bridgehead atoms. The third kappa shape index (κ3) is 2.00. The van der Waals surface area contributed by atoms with Crippen LogP contribution < -0.4 is 0 Å². The summed E-state index contributed by atoms with van der Waals surface area (Å²) in [6.45, 7) is 0. The number of alkyl halides is 4. The molecule has 1 saturated heterocycles. The van der Waals surface area contributed by atoms with E-state index in [9.17, 15) is 10.0 Å². The number of carbonyl (C=O) groups is 1. The summed E-state index contributed by atoms with van der Waals surface area (Å²) in [5, 5.41) is 10.5. The number of piperidine rings is 1. The van der Waals surface area contributed by atoms with E-state index in [1.165, 1.54) is 0 Å². The summed E-state index contributed by atoms with van der Waals surface area (Å²) in [6.07, 6.45) is 0.103. The molecule has 3 nitrogen and oxygen atoms in total. The molecule has 13 heavy (non-hydrogen) atoms. The van der Waals surface area contributed by atoms with Gasteiger partial charge in [-0.05, 0) is 6.42 Å². The van der Waals surface area contributed by atoms with Crippen LogP contribution in [0.25, 0.3) is 0 Å². The number of hydrogen-bond acceptors (Lipinski definition) is 2. The number of nitrogens with zero attached hydrogens (tertiary/aromatic N) is 1. The van der Waals surface area contributed by atoms with Gasteiger partial charge in [0.1, 0.15) is 10.4 Å². The van der Waals surface area contributed by atoms with Crippen molar-refractivity contribution in [2.45, 2.75) is 22.2 Å². The first-order valence-corrected chi connectivity index (χ1v) is 5.25. The average Bonchev–Trinajstić information content (AvgIpc) is 2.12. The second kappa shape index (κ2) is 3.99. The zero-order valence-electron chi connectivity index (χ0n) is 6.34. The fourth-order valence-electron chi connectivity index (χ4n) is 1.06. The monoisotopic (exact) mass is 264 g/mol. The van der Waals surface area contributed by atoms with Crippen molar-refractivity contribution in [3.63, 3.8) is 0 Å². The van der Waals surface area contributed by atoms with Crippen molar-refractivity contribution in [1.82, 2.24) is 5.06 Å². The maximum atomic E-state index is 11.3. The number of rotatable bonds is 1. The molecule has 1 heterocycles. The van der Waals surface area contributed by atoms with Gasteiger partial charge in [0.2, 0.25) is 5.91 Å². The van der Waals surface area contributed by atoms with E-state index in [4.69, 9.17) is 46.4 Å². The minimum absolute atomic E-state index is 0.0815. The number of hydroxylamine groups is 2. The Balaban J connectivity index is 2.88. The van der Waals surface area contributed by atoms with Crippen LogP contribution in [0.5, 0.6) is 0 Å². The Hall–Kier alpha value is 0.590. The van der Waals surface area contributed by atoms with Crippen LogP contribution in [0.1, 0.15) is 6.42 Å². The smallest absolute Gasteiger partial charge is 0.235 e. The summed E-state index contributed by atoms with van der Waals surface area (Å²) in [7, 11) is 0. The molecule has 0 aromatic rings. The molecule has 0 aromatic carbocycles. The van der Waals surface area contributed by atoms with Gasteiger partial charge in [0.05, 0.1) is 11.3 Å². The van der Waals surface area contributed by atoms with Gasteiger partial charge in [-0.2, -0.15) is 0 Å². The first-order chi connectivity index (χ1) is 5.92. The third-order valence-corrected chi connectivity index (χ3v) is 3.88. The zero-order chi connectivity index (χ0) is 10.2. The third-order valence-electron chi connectivity index (χ3n) is 1.84. The fourth-order valence-corrected chi connectivity index (χ4v) is 2.16. The Morgan fingerprint density at radius 1 is 1.62 bits per heavy atom. The minimum Gasteiger partial charge on any atom is -0.755 e. The van der Waals surface area contributed by atoms with Crippen LogP contribution in [0.3, 0.4) is 0 Å². The molecule has 3 atom stereocenters. The van der Waals surface area contributed by atoms with Gasteiger partial charge in [0, 0.05) is 0 Å². The van der Waals surface area contributed by atoms with E-state index in [0.29, 0.717) is 0 Å². The van der Waals surface area contributed by atoms with Gasteiger partial charge in [0.25, 0.3) is 0 Å². The lowest BCUT2D eigenvalue weighted by molar-refractivity contribution is -0.133. The van der Waals surface area contributed by atoms with E-state index in [-0.39, 0.29) is 17.4 Å². The van der Waals surface area contributed by atoms with Gasteiger partial charge < -0.3 is 10.3 Å². The molecule has 1 fully saturated rings. The van der Waals surface area contributed by atoms with Crippen molar-refractivity contribution in [3.05, 3.63) is 5.21 Å². The highest BCUT2D eigenvalue weighted by Crippen LogP contribution is 2.36. The molecule has 0 radical (unpaired) electrons. The van der Waals surface area contributed by atoms with Crippen LogP contribution in [-0.2, 0) is 4.79 Å². The van der Waals surface area contributed by atoms with Gasteiger partial charge in [0.15, 0.2) is 0 Å². The molecule has 1 aliphatic rings. The Morgan fingerprint density at radius 2 is 2.15 bits per heavy atom. The van der Waals surface area contributed by atoms with Crippen molar-refractivity contribution < 1.29 is 4.79 Å².